The van der Waals surface area contributed by atoms with Gasteiger partial charge in [-0.05, 0) is 42.8 Å². The second-order valence-electron chi connectivity index (χ2n) is 4.14. The van der Waals surface area contributed by atoms with E-state index in [1.807, 2.05) is 0 Å². The SMILES string of the molecule is Cc1ccc(F)cc1NS(=O)(=O)c1ccc(Cl)cc1F. The van der Waals surface area contributed by atoms with E-state index >= 15 is 0 Å². The molecule has 7 heteroatoms. The van der Waals surface area contributed by atoms with Crippen LogP contribution >= 0.6 is 11.6 Å². The molecule has 0 radical (unpaired) electrons. The van der Waals surface area contributed by atoms with Crippen molar-refractivity contribution in [2.24, 2.45) is 0 Å². The van der Waals surface area contributed by atoms with E-state index in [1.165, 1.54) is 18.2 Å². The monoisotopic (exact) mass is 317 g/mol. The lowest BCUT2D eigenvalue weighted by molar-refractivity contribution is 0.570. The van der Waals surface area contributed by atoms with Gasteiger partial charge in [-0.25, -0.2) is 17.2 Å². The van der Waals surface area contributed by atoms with E-state index in [0.29, 0.717) is 5.56 Å². The average Bonchev–Trinajstić information content (AvgIpc) is 2.33. The Hall–Kier alpha value is -1.66. The number of hydrogen-bond donors (Lipinski definition) is 1. The molecule has 2 rings (SSSR count). The fourth-order valence-electron chi connectivity index (χ4n) is 1.60. The van der Waals surface area contributed by atoms with Gasteiger partial charge in [-0.2, -0.15) is 0 Å². The van der Waals surface area contributed by atoms with Crippen molar-refractivity contribution >= 4 is 27.3 Å². The first-order valence-corrected chi connectivity index (χ1v) is 7.40. The Bertz CT molecular complexity index is 763. The number of aryl methyl sites for hydroxylation is 1. The van der Waals surface area contributed by atoms with Crippen LogP contribution in [-0.4, -0.2) is 8.42 Å². The van der Waals surface area contributed by atoms with Gasteiger partial charge in [0, 0.05) is 5.02 Å². The maximum atomic E-state index is 13.7. The third-order valence-corrected chi connectivity index (χ3v) is 4.26. The molecule has 0 atom stereocenters. The van der Waals surface area contributed by atoms with Crippen LogP contribution in [0.15, 0.2) is 41.3 Å². The summed E-state index contributed by atoms with van der Waals surface area (Å²) in [5, 5.41) is 0.0865. The second kappa shape index (κ2) is 5.38. The van der Waals surface area contributed by atoms with Crippen LogP contribution in [0.2, 0.25) is 5.02 Å². The fourth-order valence-corrected chi connectivity index (χ4v) is 2.94. The quantitative estimate of drug-likeness (QED) is 0.937. The number of hydrogen-bond acceptors (Lipinski definition) is 2. The van der Waals surface area contributed by atoms with Crippen molar-refractivity contribution in [3.63, 3.8) is 0 Å². The van der Waals surface area contributed by atoms with Crippen LogP contribution in [0.3, 0.4) is 0 Å². The first-order chi connectivity index (χ1) is 9.29. The number of benzene rings is 2. The van der Waals surface area contributed by atoms with E-state index in [1.54, 1.807) is 6.92 Å². The molecule has 0 saturated carbocycles. The van der Waals surface area contributed by atoms with Crippen molar-refractivity contribution in [3.8, 4) is 0 Å². The van der Waals surface area contributed by atoms with Crippen molar-refractivity contribution in [1.82, 2.24) is 0 Å². The van der Waals surface area contributed by atoms with Crippen LogP contribution in [0, 0.1) is 18.6 Å². The zero-order valence-corrected chi connectivity index (χ0v) is 11.9. The molecule has 106 valence electrons. The minimum absolute atomic E-state index is 0.0550. The summed E-state index contributed by atoms with van der Waals surface area (Å²) in [6.07, 6.45) is 0. The largest absolute Gasteiger partial charge is 0.279 e. The van der Waals surface area contributed by atoms with Crippen LogP contribution in [-0.2, 0) is 10.0 Å². The molecule has 2 aromatic carbocycles. The molecular formula is C13H10ClF2NO2S. The highest BCUT2D eigenvalue weighted by Crippen LogP contribution is 2.24. The van der Waals surface area contributed by atoms with Gasteiger partial charge in [0.15, 0.2) is 0 Å². The summed E-state index contributed by atoms with van der Waals surface area (Å²) < 4.78 is 53.1. The maximum Gasteiger partial charge on any atom is 0.264 e. The predicted octanol–water partition coefficient (Wildman–Crippen LogP) is 3.73. The molecule has 1 N–H and O–H groups in total. The summed E-state index contributed by atoms with van der Waals surface area (Å²) in [5.41, 5.74) is 0.573. The summed E-state index contributed by atoms with van der Waals surface area (Å²) in [5.74, 6) is -1.57. The lowest BCUT2D eigenvalue weighted by Crippen LogP contribution is -2.15. The molecule has 0 spiro atoms. The van der Waals surface area contributed by atoms with Crippen LogP contribution in [0.1, 0.15) is 5.56 Å². The standard InChI is InChI=1S/C13H10ClF2NO2S/c1-8-2-4-10(15)7-12(8)17-20(18,19)13-5-3-9(14)6-11(13)16/h2-7,17H,1H3. The Morgan fingerprint density at radius 3 is 2.45 bits per heavy atom. The minimum Gasteiger partial charge on any atom is -0.279 e. The normalized spacial score (nSPS) is 11.4. The van der Waals surface area contributed by atoms with Gasteiger partial charge in [0.2, 0.25) is 0 Å². The van der Waals surface area contributed by atoms with Gasteiger partial charge in [-0.15, -0.1) is 0 Å². The topological polar surface area (TPSA) is 46.2 Å². The average molecular weight is 318 g/mol. The van der Waals surface area contributed by atoms with Gasteiger partial charge in [0.1, 0.15) is 16.5 Å². The molecule has 20 heavy (non-hydrogen) atoms. The smallest absolute Gasteiger partial charge is 0.264 e. The molecular weight excluding hydrogens is 308 g/mol. The van der Waals surface area contributed by atoms with E-state index in [2.05, 4.69) is 4.72 Å². The molecule has 0 bridgehead atoms. The van der Waals surface area contributed by atoms with E-state index in [0.717, 1.165) is 18.2 Å². The molecule has 0 aromatic heterocycles. The van der Waals surface area contributed by atoms with Crippen LogP contribution in [0.4, 0.5) is 14.5 Å². The van der Waals surface area contributed by atoms with Crippen LogP contribution in [0.5, 0.6) is 0 Å². The lowest BCUT2D eigenvalue weighted by atomic mass is 10.2. The first kappa shape index (κ1) is 14.7. The van der Waals surface area contributed by atoms with E-state index < -0.39 is 26.6 Å². The third-order valence-electron chi connectivity index (χ3n) is 2.63. The number of nitrogens with one attached hydrogen (secondary N) is 1. The van der Waals surface area contributed by atoms with Gasteiger partial charge in [-0.1, -0.05) is 17.7 Å². The number of halogens is 3. The molecule has 0 aliphatic carbocycles. The van der Waals surface area contributed by atoms with Crippen molar-refractivity contribution in [3.05, 3.63) is 58.6 Å². The Balaban J connectivity index is 2.43. The number of sulfonamides is 1. The molecule has 0 aliphatic rings. The Kier molecular flexibility index (Phi) is 3.96. The maximum absolute atomic E-state index is 13.7. The van der Waals surface area contributed by atoms with Crippen molar-refractivity contribution < 1.29 is 17.2 Å². The third kappa shape index (κ3) is 3.08. The molecule has 0 amide bonds. The molecule has 3 nitrogen and oxygen atoms in total. The Morgan fingerprint density at radius 1 is 1.10 bits per heavy atom. The zero-order valence-electron chi connectivity index (χ0n) is 10.3. The summed E-state index contributed by atoms with van der Waals surface area (Å²) in [4.78, 5) is -0.550. The van der Waals surface area contributed by atoms with E-state index in [9.17, 15) is 17.2 Å². The van der Waals surface area contributed by atoms with Gasteiger partial charge in [0.05, 0.1) is 5.69 Å². The molecule has 2 aromatic rings. The second-order valence-corrected chi connectivity index (χ2v) is 6.23. The number of rotatable bonds is 3. The zero-order chi connectivity index (χ0) is 14.9. The van der Waals surface area contributed by atoms with E-state index in [4.69, 9.17) is 11.6 Å². The van der Waals surface area contributed by atoms with Crippen LogP contribution < -0.4 is 4.72 Å². The summed E-state index contributed by atoms with van der Waals surface area (Å²) >= 11 is 5.57. The fraction of sp³-hybridized carbons (Fsp3) is 0.0769. The first-order valence-electron chi connectivity index (χ1n) is 5.53. The highest BCUT2D eigenvalue weighted by Gasteiger charge is 2.20. The van der Waals surface area contributed by atoms with Crippen molar-refractivity contribution in [1.29, 1.82) is 0 Å². The highest BCUT2D eigenvalue weighted by molar-refractivity contribution is 7.92. The molecule has 0 saturated heterocycles. The summed E-state index contributed by atoms with van der Waals surface area (Å²) in [6, 6.07) is 6.86. The van der Waals surface area contributed by atoms with Gasteiger partial charge < -0.3 is 0 Å². The molecule has 0 aliphatic heterocycles. The van der Waals surface area contributed by atoms with Gasteiger partial charge in [0.25, 0.3) is 10.0 Å². The lowest BCUT2D eigenvalue weighted by Gasteiger charge is -2.11. The highest BCUT2D eigenvalue weighted by atomic mass is 35.5. The van der Waals surface area contributed by atoms with Gasteiger partial charge >= 0.3 is 0 Å². The predicted molar refractivity (Wildman–Crippen MR) is 73.4 cm³/mol. The summed E-state index contributed by atoms with van der Waals surface area (Å²) in [7, 11) is -4.15. The summed E-state index contributed by atoms with van der Waals surface area (Å²) in [6.45, 7) is 1.61. The van der Waals surface area contributed by atoms with Crippen molar-refractivity contribution in [2.45, 2.75) is 11.8 Å². The molecule has 0 heterocycles. The van der Waals surface area contributed by atoms with Crippen LogP contribution in [0.25, 0.3) is 0 Å². The Morgan fingerprint density at radius 2 is 1.80 bits per heavy atom. The molecule has 0 fully saturated rings. The van der Waals surface area contributed by atoms with Crippen molar-refractivity contribution in [2.75, 3.05) is 4.72 Å². The number of anilines is 1. The van der Waals surface area contributed by atoms with E-state index in [-0.39, 0.29) is 10.7 Å². The van der Waals surface area contributed by atoms with Gasteiger partial charge in [-0.3, -0.25) is 4.72 Å². The Labute approximate surface area is 120 Å². The molecule has 0 unspecified atom stereocenters. The minimum atomic E-state index is -4.15.